The van der Waals surface area contributed by atoms with Gasteiger partial charge in [-0.25, -0.2) is 0 Å². The number of benzene rings is 1. The number of piperidine rings is 1. The minimum atomic E-state index is 0.130. The summed E-state index contributed by atoms with van der Waals surface area (Å²) in [6.45, 7) is 1.59. The first-order chi connectivity index (χ1) is 12.7. The molecule has 2 aromatic heterocycles. The van der Waals surface area contributed by atoms with Gasteiger partial charge in [0, 0.05) is 44.6 Å². The van der Waals surface area contributed by atoms with Gasteiger partial charge in [-0.1, -0.05) is 30.3 Å². The summed E-state index contributed by atoms with van der Waals surface area (Å²) in [4.78, 5) is 18.3. The van der Waals surface area contributed by atoms with Gasteiger partial charge < -0.3 is 9.88 Å². The van der Waals surface area contributed by atoms with Crippen LogP contribution in [-0.4, -0.2) is 38.7 Å². The average Bonchev–Trinajstić information content (AvgIpc) is 3.31. The molecule has 1 aliphatic heterocycles. The van der Waals surface area contributed by atoms with Crippen molar-refractivity contribution in [2.24, 2.45) is 7.05 Å². The Kier molecular flexibility index (Phi) is 4.61. The van der Waals surface area contributed by atoms with Gasteiger partial charge in [0.25, 0.3) is 5.91 Å². The molecule has 4 rings (SSSR count). The van der Waals surface area contributed by atoms with Crippen LogP contribution in [0.15, 0.2) is 55.1 Å². The lowest BCUT2D eigenvalue weighted by atomic mass is 9.92. The van der Waals surface area contributed by atoms with E-state index in [4.69, 9.17) is 0 Å². The fourth-order valence-electron chi connectivity index (χ4n) is 3.81. The normalized spacial score (nSPS) is 17.4. The number of nitrogens with zero attached hydrogens (tertiary/aromatic N) is 3. The molecule has 0 bridgehead atoms. The van der Waals surface area contributed by atoms with Crippen molar-refractivity contribution in [3.63, 3.8) is 0 Å². The van der Waals surface area contributed by atoms with E-state index < -0.39 is 0 Å². The van der Waals surface area contributed by atoms with Crippen LogP contribution in [0.2, 0.25) is 0 Å². The van der Waals surface area contributed by atoms with Crippen molar-refractivity contribution in [1.82, 2.24) is 19.7 Å². The Labute approximate surface area is 153 Å². The van der Waals surface area contributed by atoms with Crippen molar-refractivity contribution in [1.29, 1.82) is 0 Å². The Hall–Kier alpha value is -2.82. The topological polar surface area (TPSA) is 53.9 Å². The summed E-state index contributed by atoms with van der Waals surface area (Å²) in [6.07, 6.45) is 10.7. The molecule has 3 heterocycles. The van der Waals surface area contributed by atoms with Gasteiger partial charge >= 0.3 is 0 Å². The first-order valence-electron chi connectivity index (χ1n) is 9.18. The summed E-state index contributed by atoms with van der Waals surface area (Å²) in [5, 5.41) is 4.28. The largest absolute Gasteiger partial charge is 0.367 e. The van der Waals surface area contributed by atoms with Gasteiger partial charge in [0.05, 0.1) is 11.8 Å². The molecule has 3 aromatic rings. The second-order valence-electron chi connectivity index (χ2n) is 7.09. The zero-order valence-corrected chi connectivity index (χ0v) is 15.1. The van der Waals surface area contributed by atoms with Crippen LogP contribution in [0.1, 0.15) is 45.8 Å². The number of carbonyl (C=O) groups excluding carboxylic acids is 1. The van der Waals surface area contributed by atoms with E-state index in [1.54, 1.807) is 0 Å². The molecule has 5 heteroatoms. The molecule has 1 unspecified atom stereocenters. The van der Waals surface area contributed by atoms with Crippen LogP contribution in [0.25, 0.3) is 0 Å². The Morgan fingerprint density at radius 1 is 1.27 bits per heavy atom. The number of hydrogen-bond donors (Lipinski definition) is 1. The number of aryl methyl sites for hydroxylation is 1. The number of carbonyl (C=O) groups is 1. The molecule has 134 valence electrons. The molecule has 1 aliphatic rings. The van der Waals surface area contributed by atoms with Crippen molar-refractivity contribution < 1.29 is 4.79 Å². The highest BCUT2D eigenvalue weighted by Crippen LogP contribution is 2.28. The summed E-state index contributed by atoms with van der Waals surface area (Å²) in [5.74, 6) is 0.503. The quantitative estimate of drug-likeness (QED) is 0.786. The van der Waals surface area contributed by atoms with Gasteiger partial charge in [-0.2, -0.15) is 5.10 Å². The standard InChI is InChI=1S/C21H24N4O/c1-24-14-19(12-23-24)17-8-5-9-25(15-17)21(26)20-13-22-11-18(20)10-16-6-3-2-4-7-16/h2-4,6-7,11-14,17,22H,5,8-10,15H2,1H3. The highest BCUT2D eigenvalue weighted by molar-refractivity contribution is 5.95. The zero-order chi connectivity index (χ0) is 17.9. The Balaban J connectivity index is 1.50. The molecule has 1 amide bonds. The average molecular weight is 348 g/mol. The summed E-state index contributed by atoms with van der Waals surface area (Å²) in [7, 11) is 1.94. The van der Waals surface area contributed by atoms with Crippen LogP contribution >= 0.6 is 0 Å². The third kappa shape index (κ3) is 3.43. The Morgan fingerprint density at radius 2 is 2.12 bits per heavy atom. The third-order valence-electron chi connectivity index (χ3n) is 5.20. The lowest BCUT2D eigenvalue weighted by molar-refractivity contribution is 0.0706. The molecule has 26 heavy (non-hydrogen) atoms. The van der Waals surface area contributed by atoms with E-state index in [-0.39, 0.29) is 5.91 Å². The molecule has 0 saturated carbocycles. The fourth-order valence-corrected chi connectivity index (χ4v) is 3.81. The SMILES string of the molecule is Cn1cc(C2CCCN(C(=O)c3c[nH]cc3Cc3ccccc3)C2)cn1. The van der Waals surface area contributed by atoms with Crippen molar-refractivity contribution in [3.05, 3.63) is 77.4 Å². The van der Waals surface area contributed by atoms with E-state index >= 15 is 0 Å². The molecule has 5 nitrogen and oxygen atoms in total. The van der Waals surface area contributed by atoms with Crippen molar-refractivity contribution in [3.8, 4) is 0 Å². The molecule has 1 aromatic carbocycles. The summed E-state index contributed by atoms with van der Waals surface area (Å²) < 4.78 is 1.83. The van der Waals surface area contributed by atoms with E-state index in [0.29, 0.717) is 5.92 Å². The number of aromatic nitrogens is 3. The maximum atomic E-state index is 13.1. The van der Waals surface area contributed by atoms with Crippen LogP contribution < -0.4 is 0 Å². The first kappa shape index (κ1) is 16.6. The minimum absolute atomic E-state index is 0.130. The van der Waals surface area contributed by atoms with Crippen molar-refractivity contribution in [2.45, 2.75) is 25.2 Å². The number of H-pyrrole nitrogens is 1. The molecule has 1 N–H and O–H groups in total. The highest BCUT2D eigenvalue weighted by Gasteiger charge is 2.27. The zero-order valence-electron chi connectivity index (χ0n) is 15.1. The highest BCUT2D eigenvalue weighted by atomic mass is 16.2. The first-order valence-corrected chi connectivity index (χ1v) is 9.18. The molecular formula is C21H24N4O. The van der Waals surface area contributed by atoms with Gasteiger partial charge in [-0.15, -0.1) is 0 Å². The van der Waals surface area contributed by atoms with Crippen molar-refractivity contribution in [2.75, 3.05) is 13.1 Å². The van der Waals surface area contributed by atoms with E-state index in [1.165, 1.54) is 11.1 Å². The summed E-state index contributed by atoms with van der Waals surface area (Å²) in [5.41, 5.74) is 4.29. The van der Waals surface area contributed by atoms with Crippen molar-refractivity contribution >= 4 is 5.91 Å². The van der Waals surface area contributed by atoms with Crippen LogP contribution in [0.3, 0.4) is 0 Å². The monoisotopic (exact) mass is 348 g/mol. The summed E-state index contributed by atoms with van der Waals surface area (Å²) in [6, 6.07) is 10.3. The predicted octanol–water partition coefficient (Wildman–Crippen LogP) is 3.36. The molecule has 1 saturated heterocycles. The number of rotatable bonds is 4. The fraction of sp³-hybridized carbons (Fsp3) is 0.333. The third-order valence-corrected chi connectivity index (χ3v) is 5.20. The Morgan fingerprint density at radius 3 is 2.88 bits per heavy atom. The van der Waals surface area contributed by atoms with Gasteiger partial charge in [-0.05, 0) is 36.0 Å². The number of aromatic amines is 1. The lowest BCUT2D eigenvalue weighted by Gasteiger charge is -2.32. The van der Waals surface area contributed by atoms with Gasteiger partial charge in [0.1, 0.15) is 0 Å². The molecule has 0 radical (unpaired) electrons. The van der Waals surface area contributed by atoms with E-state index in [1.807, 2.05) is 53.4 Å². The number of likely N-dealkylation sites (tertiary alicyclic amines) is 1. The molecule has 1 fully saturated rings. The Bertz CT molecular complexity index is 880. The van der Waals surface area contributed by atoms with Crippen LogP contribution in [0.5, 0.6) is 0 Å². The maximum absolute atomic E-state index is 13.1. The number of nitrogens with one attached hydrogen (secondary N) is 1. The lowest BCUT2D eigenvalue weighted by Crippen LogP contribution is -2.39. The minimum Gasteiger partial charge on any atom is -0.367 e. The number of hydrogen-bond acceptors (Lipinski definition) is 2. The maximum Gasteiger partial charge on any atom is 0.255 e. The van der Waals surface area contributed by atoms with Gasteiger partial charge in [0.15, 0.2) is 0 Å². The van der Waals surface area contributed by atoms with E-state index in [0.717, 1.165) is 43.5 Å². The second-order valence-corrected chi connectivity index (χ2v) is 7.09. The molecule has 0 aliphatic carbocycles. The van der Waals surface area contributed by atoms with Crippen LogP contribution in [0, 0.1) is 0 Å². The molecule has 0 spiro atoms. The molecule has 1 atom stereocenters. The second kappa shape index (κ2) is 7.20. The van der Waals surface area contributed by atoms with Crippen LogP contribution in [-0.2, 0) is 13.5 Å². The predicted molar refractivity (Wildman–Crippen MR) is 101 cm³/mol. The summed E-state index contributed by atoms with van der Waals surface area (Å²) >= 11 is 0. The van der Waals surface area contributed by atoms with E-state index in [2.05, 4.69) is 28.4 Å². The molecular weight excluding hydrogens is 324 g/mol. The smallest absolute Gasteiger partial charge is 0.255 e. The van der Waals surface area contributed by atoms with Gasteiger partial charge in [0.2, 0.25) is 0 Å². The van der Waals surface area contributed by atoms with E-state index in [9.17, 15) is 4.79 Å². The van der Waals surface area contributed by atoms with Gasteiger partial charge in [-0.3, -0.25) is 9.48 Å². The number of amides is 1. The van der Waals surface area contributed by atoms with Crippen LogP contribution in [0.4, 0.5) is 0 Å².